The quantitative estimate of drug-likeness (QED) is 0.758. The van der Waals surface area contributed by atoms with E-state index < -0.39 is 0 Å². The summed E-state index contributed by atoms with van der Waals surface area (Å²) >= 11 is 0. The van der Waals surface area contributed by atoms with Crippen LogP contribution in [0.2, 0.25) is 0 Å². The normalized spacial score (nSPS) is 29.2. The van der Waals surface area contributed by atoms with Gasteiger partial charge in [0.15, 0.2) is 0 Å². The van der Waals surface area contributed by atoms with Crippen molar-refractivity contribution in [3.8, 4) is 0 Å². The molecule has 0 aromatic rings. The highest BCUT2D eigenvalue weighted by Gasteiger charge is 2.32. The first-order valence-electron chi connectivity index (χ1n) is 7.63. The number of likely N-dealkylation sites (N-methyl/N-ethyl adjacent to an activating group) is 1. The van der Waals surface area contributed by atoms with Gasteiger partial charge in [-0.15, -0.1) is 0 Å². The van der Waals surface area contributed by atoms with Crippen LogP contribution in [0.5, 0.6) is 0 Å². The van der Waals surface area contributed by atoms with E-state index >= 15 is 0 Å². The molecule has 1 rings (SSSR count). The molecule has 3 nitrogen and oxygen atoms in total. The van der Waals surface area contributed by atoms with E-state index in [4.69, 9.17) is 4.74 Å². The number of ether oxygens (including phenoxy) is 1. The Kier molecular flexibility index (Phi) is 7.20. The van der Waals surface area contributed by atoms with E-state index in [9.17, 15) is 0 Å². The smallest absolute Gasteiger partial charge is 0.0598 e. The van der Waals surface area contributed by atoms with Gasteiger partial charge in [-0.2, -0.15) is 0 Å². The first kappa shape index (κ1) is 15.9. The summed E-state index contributed by atoms with van der Waals surface area (Å²) in [6.07, 6.45) is 6.58. The van der Waals surface area contributed by atoms with Gasteiger partial charge in [0.2, 0.25) is 0 Å². The number of nitrogens with one attached hydrogen (secondary N) is 1. The van der Waals surface area contributed by atoms with Gasteiger partial charge in [-0.05, 0) is 39.7 Å². The Bertz CT molecular complexity index is 223. The van der Waals surface area contributed by atoms with Crippen molar-refractivity contribution in [3.05, 3.63) is 0 Å². The third-order valence-corrected chi connectivity index (χ3v) is 4.49. The SMILES string of the molecule is CCCC(NC)C(CC)N1CCC(OC)CC1C. The minimum Gasteiger partial charge on any atom is -0.381 e. The molecule has 0 aromatic carbocycles. The van der Waals surface area contributed by atoms with Gasteiger partial charge in [0.1, 0.15) is 0 Å². The predicted octanol–water partition coefficient (Wildman–Crippen LogP) is 2.65. The number of methoxy groups -OCH3 is 1. The molecular formula is C15H32N2O. The van der Waals surface area contributed by atoms with Gasteiger partial charge >= 0.3 is 0 Å². The number of likely N-dealkylation sites (tertiary alicyclic amines) is 1. The average molecular weight is 256 g/mol. The molecule has 1 heterocycles. The van der Waals surface area contributed by atoms with E-state index in [1.807, 2.05) is 7.11 Å². The molecule has 1 fully saturated rings. The van der Waals surface area contributed by atoms with Crippen molar-refractivity contribution in [2.75, 3.05) is 20.7 Å². The maximum atomic E-state index is 5.52. The van der Waals surface area contributed by atoms with Crippen molar-refractivity contribution in [2.45, 2.75) is 77.1 Å². The number of piperidine rings is 1. The van der Waals surface area contributed by atoms with Crippen LogP contribution in [0.1, 0.15) is 52.9 Å². The first-order valence-corrected chi connectivity index (χ1v) is 7.63. The lowest BCUT2D eigenvalue weighted by molar-refractivity contribution is -0.00953. The van der Waals surface area contributed by atoms with E-state index in [1.54, 1.807) is 0 Å². The van der Waals surface area contributed by atoms with Crippen LogP contribution in [0.25, 0.3) is 0 Å². The minimum atomic E-state index is 0.466. The Balaban J connectivity index is 2.64. The Labute approximate surface area is 113 Å². The largest absolute Gasteiger partial charge is 0.381 e. The van der Waals surface area contributed by atoms with Gasteiger partial charge in [-0.3, -0.25) is 4.90 Å². The standard InChI is InChI=1S/C15H32N2O/c1-6-8-14(16-4)15(7-2)17-10-9-13(18-5)11-12(17)3/h12-16H,6-11H2,1-5H3. The molecule has 4 atom stereocenters. The van der Waals surface area contributed by atoms with Gasteiger partial charge in [-0.25, -0.2) is 0 Å². The van der Waals surface area contributed by atoms with E-state index in [2.05, 4.69) is 38.0 Å². The molecule has 0 aliphatic carbocycles. The summed E-state index contributed by atoms with van der Waals surface area (Å²) in [6.45, 7) is 8.13. The fourth-order valence-electron chi connectivity index (χ4n) is 3.44. The molecule has 18 heavy (non-hydrogen) atoms. The van der Waals surface area contributed by atoms with Crippen molar-refractivity contribution >= 4 is 0 Å². The molecule has 4 unspecified atom stereocenters. The van der Waals surface area contributed by atoms with E-state index in [1.165, 1.54) is 38.6 Å². The summed E-state index contributed by atoms with van der Waals surface area (Å²) in [6, 6.07) is 1.94. The molecule has 1 aliphatic heterocycles. The van der Waals surface area contributed by atoms with Crippen LogP contribution in [0.15, 0.2) is 0 Å². The van der Waals surface area contributed by atoms with Gasteiger partial charge in [-0.1, -0.05) is 20.3 Å². The lowest BCUT2D eigenvalue weighted by Gasteiger charge is -2.44. The van der Waals surface area contributed by atoms with Crippen molar-refractivity contribution in [1.82, 2.24) is 10.2 Å². The third kappa shape index (κ3) is 3.94. The van der Waals surface area contributed by atoms with Crippen LogP contribution in [-0.2, 0) is 4.74 Å². The Morgan fingerprint density at radius 3 is 2.56 bits per heavy atom. The Morgan fingerprint density at radius 2 is 2.11 bits per heavy atom. The van der Waals surface area contributed by atoms with Crippen LogP contribution in [0, 0.1) is 0 Å². The molecule has 0 saturated carbocycles. The molecule has 0 aromatic heterocycles. The molecule has 1 saturated heterocycles. The van der Waals surface area contributed by atoms with Crippen molar-refractivity contribution < 1.29 is 4.74 Å². The molecule has 0 amide bonds. The maximum absolute atomic E-state index is 5.52. The van der Waals surface area contributed by atoms with E-state index in [0.29, 0.717) is 24.2 Å². The molecule has 108 valence electrons. The third-order valence-electron chi connectivity index (χ3n) is 4.49. The highest BCUT2D eigenvalue weighted by molar-refractivity contribution is 4.89. The van der Waals surface area contributed by atoms with Gasteiger partial charge < -0.3 is 10.1 Å². The zero-order chi connectivity index (χ0) is 13.5. The molecular weight excluding hydrogens is 224 g/mol. The van der Waals surface area contributed by atoms with E-state index in [-0.39, 0.29) is 0 Å². The first-order chi connectivity index (χ1) is 8.67. The topological polar surface area (TPSA) is 24.5 Å². The summed E-state index contributed by atoms with van der Waals surface area (Å²) in [7, 11) is 3.95. The van der Waals surface area contributed by atoms with Crippen molar-refractivity contribution in [1.29, 1.82) is 0 Å². The lowest BCUT2D eigenvalue weighted by Crippen LogP contribution is -2.55. The van der Waals surface area contributed by atoms with Crippen molar-refractivity contribution in [2.24, 2.45) is 0 Å². The van der Waals surface area contributed by atoms with Crippen LogP contribution < -0.4 is 5.32 Å². The maximum Gasteiger partial charge on any atom is 0.0598 e. The molecule has 0 radical (unpaired) electrons. The monoisotopic (exact) mass is 256 g/mol. The van der Waals surface area contributed by atoms with Crippen LogP contribution in [0.3, 0.4) is 0 Å². The van der Waals surface area contributed by atoms with Gasteiger partial charge in [0, 0.05) is 31.8 Å². The molecule has 1 aliphatic rings. The van der Waals surface area contributed by atoms with Gasteiger partial charge in [0.25, 0.3) is 0 Å². The second-order valence-corrected chi connectivity index (χ2v) is 5.63. The second kappa shape index (κ2) is 8.13. The molecule has 1 N–H and O–H groups in total. The summed E-state index contributed by atoms with van der Waals surface area (Å²) in [5, 5.41) is 3.52. The summed E-state index contributed by atoms with van der Waals surface area (Å²) < 4.78 is 5.52. The number of nitrogens with zero attached hydrogens (tertiary/aromatic N) is 1. The van der Waals surface area contributed by atoms with Crippen molar-refractivity contribution in [3.63, 3.8) is 0 Å². The Hall–Kier alpha value is -0.120. The highest BCUT2D eigenvalue weighted by Crippen LogP contribution is 2.25. The number of rotatable bonds is 7. The van der Waals surface area contributed by atoms with Crippen LogP contribution >= 0.6 is 0 Å². The fourth-order valence-corrected chi connectivity index (χ4v) is 3.44. The number of hydrogen-bond acceptors (Lipinski definition) is 3. The average Bonchev–Trinajstić information content (AvgIpc) is 2.39. The Morgan fingerprint density at radius 1 is 1.39 bits per heavy atom. The van der Waals surface area contributed by atoms with Gasteiger partial charge in [0.05, 0.1) is 6.10 Å². The fraction of sp³-hybridized carbons (Fsp3) is 1.00. The molecule has 3 heteroatoms. The zero-order valence-corrected chi connectivity index (χ0v) is 12.9. The number of hydrogen-bond donors (Lipinski definition) is 1. The van der Waals surface area contributed by atoms with Crippen LogP contribution in [0.4, 0.5) is 0 Å². The summed E-state index contributed by atoms with van der Waals surface area (Å²) in [4.78, 5) is 2.70. The van der Waals surface area contributed by atoms with E-state index in [0.717, 1.165) is 0 Å². The second-order valence-electron chi connectivity index (χ2n) is 5.63. The van der Waals surface area contributed by atoms with Crippen LogP contribution in [-0.4, -0.2) is 49.8 Å². The molecule has 0 spiro atoms. The minimum absolute atomic E-state index is 0.466. The highest BCUT2D eigenvalue weighted by atomic mass is 16.5. The predicted molar refractivity (Wildman–Crippen MR) is 78.0 cm³/mol. The lowest BCUT2D eigenvalue weighted by atomic mass is 9.92. The summed E-state index contributed by atoms with van der Waals surface area (Å²) in [5.74, 6) is 0. The summed E-state index contributed by atoms with van der Waals surface area (Å²) in [5.41, 5.74) is 0. The zero-order valence-electron chi connectivity index (χ0n) is 12.9. The molecule has 0 bridgehead atoms.